The highest BCUT2D eigenvalue weighted by Crippen LogP contribution is 2.24. The molecule has 3 heteroatoms. The molecule has 0 amide bonds. The van der Waals surface area contributed by atoms with Crippen LogP contribution in [0.4, 0.5) is 0 Å². The van der Waals surface area contributed by atoms with Crippen LogP contribution < -0.4 is 15.4 Å². The molecule has 0 radical (unpaired) electrons. The van der Waals surface area contributed by atoms with Gasteiger partial charge in [-0.2, -0.15) is 0 Å². The zero-order valence-electron chi connectivity index (χ0n) is 11.1. The second kappa shape index (κ2) is 8.09. The summed E-state index contributed by atoms with van der Waals surface area (Å²) in [7, 11) is 0. The van der Waals surface area contributed by atoms with Gasteiger partial charge >= 0.3 is 0 Å². The molecule has 0 aromatic heterocycles. The van der Waals surface area contributed by atoms with Crippen molar-refractivity contribution in [2.75, 3.05) is 26.2 Å². The Labute approximate surface area is 105 Å². The second-order valence-corrected chi connectivity index (χ2v) is 4.00. The minimum atomic E-state index is 0.316. The van der Waals surface area contributed by atoms with Crippen LogP contribution in [0.25, 0.3) is 0 Å². The van der Waals surface area contributed by atoms with Crippen molar-refractivity contribution in [2.24, 2.45) is 0 Å². The van der Waals surface area contributed by atoms with Crippen LogP contribution in [0.1, 0.15) is 32.4 Å². The van der Waals surface area contributed by atoms with Gasteiger partial charge in [0.15, 0.2) is 0 Å². The second-order valence-electron chi connectivity index (χ2n) is 4.00. The number of hydrogen-bond acceptors (Lipinski definition) is 3. The molecule has 0 saturated heterocycles. The highest BCUT2D eigenvalue weighted by molar-refractivity contribution is 5.35. The number of nitrogens with one attached hydrogen (secondary N) is 2. The van der Waals surface area contributed by atoms with Gasteiger partial charge in [0.05, 0.1) is 6.61 Å². The lowest BCUT2D eigenvalue weighted by molar-refractivity contribution is 0.332. The Balaban J connectivity index is 2.52. The summed E-state index contributed by atoms with van der Waals surface area (Å²) >= 11 is 0. The van der Waals surface area contributed by atoms with Crippen LogP contribution >= 0.6 is 0 Å². The molecular formula is C14H24N2O. The molecule has 0 aliphatic carbocycles. The fraction of sp³-hybridized carbons (Fsp3) is 0.571. The molecule has 96 valence electrons. The molecule has 17 heavy (non-hydrogen) atoms. The Kier molecular flexibility index (Phi) is 6.67. The van der Waals surface area contributed by atoms with Crippen molar-refractivity contribution in [3.63, 3.8) is 0 Å². The smallest absolute Gasteiger partial charge is 0.124 e. The average Bonchev–Trinajstić information content (AvgIpc) is 2.35. The Morgan fingerprint density at radius 2 is 1.94 bits per heavy atom. The van der Waals surface area contributed by atoms with Gasteiger partial charge in [-0.15, -0.1) is 0 Å². The summed E-state index contributed by atoms with van der Waals surface area (Å²) in [5.74, 6) is 0.985. The van der Waals surface area contributed by atoms with Crippen molar-refractivity contribution >= 4 is 0 Å². The molecule has 0 aliphatic heterocycles. The predicted octanol–water partition coefficient (Wildman–Crippen LogP) is 2.35. The molecule has 0 bridgehead atoms. The fourth-order valence-corrected chi connectivity index (χ4v) is 1.79. The average molecular weight is 236 g/mol. The molecular weight excluding hydrogens is 212 g/mol. The van der Waals surface area contributed by atoms with E-state index in [0.29, 0.717) is 12.6 Å². The van der Waals surface area contributed by atoms with Gasteiger partial charge < -0.3 is 15.4 Å². The number of benzene rings is 1. The maximum Gasteiger partial charge on any atom is 0.124 e. The van der Waals surface area contributed by atoms with Crippen molar-refractivity contribution in [3.8, 4) is 5.75 Å². The number of para-hydroxylation sites is 1. The highest BCUT2D eigenvalue weighted by atomic mass is 16.5. The van der Waals surface area contributed by atoms with Crippen LogP contribution in [0.5, 0.6) is 5.75 Å². The summed E-state index contributed by atoms with van der Waals surface area (Å²) in [5, 5.41) is 6.79. The number of likely N-dealkylation sites (N-methyl/N-ethyl adjacent to an activating group) is 1. The first-order valence-corrected chi connectivity index (χ1v) is 6.45. The van der Waals surface area contributed by atoms with E-state index in [0.717, 1.165) is 25.4 Å². The Morgan fingerprint density at radius 1 is 1.18 bits per heavy atom. The van der Waals surface area contributed by atoms with Crippen molar-refractivity contribution in [1.29, 1.82) is 0 Å². The summed E-state index contributed by atoms with van der Waals surface area (Å²) in [5.41, 5.74) is 1.23. The van der Waals surface area contributed by atoms with Crippen LogP contribution in [0.2, 0.25) is 0 Å². The lowest BCUT2D eigenvalue weighted by Gasteiger charge is -2.18. The first kappa shape index (κ1) is 14.0. The third-order valence-corrected chi connectivity index (χ3v) is 2.69. The third kappa shape index (κ3) is 4.75. The quantitative estimate of drug-likeness (QED) is 0.680. The highest BCUT2D eigenvalue weighted by Gasteiger charge is 2.09. The summed E-state index contributed by atoms with van der Waals surface area (Å²) in [6.07, 6.45) is 0. The predicted molar refractivity (Wildman–Crippen MR) is 72.6 cm³/mol. The van der Waals surface area contributed by atoms with Crippen molar-refractivity contribution in [1.82, 2.24) is 10.6 Å². The first-order valence-electron chi connectivity index (χ1n) is 6.45. The van der Waals surface area contributed by atoms with E-state index in [1.807, 2.05) is 19.1 Å². The Morgan fingerprint density at radius 3 is 2.65 bits per heavy atom. The number of hydrogen-bond donors (Lipinski definition) is 2. The van der Waals surface area contributed by atoms with E-state index in [9.17, 15) is 0 Å². The van der Waals surface area contributed by atoms with Gasteiger partial charge in [0.25, 0.3) is 0 Å². The molecule has 1 aromatic carbocycles. The van der Waals surface area contributed by atoms with E-state index in [1.54, 1.807) is 0 Å². The largest absolute Gasteiger partial charge is 0.494 e. The maximum absolute atomic E-state index is 5.63. The molecule has 0 heterocycles. The van der Waals surface area contributed by atoms with E-state index in [-0.39, 0.29) is 0 Å². The molecule has 3 nitrogen and oxygen atoms in total. The minimum absolute atomic E-state index is 0.316. The molecule has 0 fully saturated rings. The van der Waals surface area contributed by atoms with E-state index in [2.05, 4.69) is 36.6 Å². The van der Waals surface area contributed by atoms with Gasteiger partial charge in [0.1, 0.15) is 5.75 Å². The molecule has 0 spiro atoms. The van der Waals surface area contributed by atoms with E-state index >= 15 is 0 Å². The van der Waals surface area contributed by atoms with Gasteiger partial charge in [-0.1, -0.05) is 25.1 Å². The van der Waals surface area contributed by atoms with Gasteiger partial charge in [0, 0.05) is 24.7 Å². The lowest BCUT2D eigenvalue weighted by atomic mass is 10.1. The van der Waals surface area contributed by atoms with Crippen molar-refractivity contribution in [2.45, 2.75) is 26.8 Å². The van der Waals surface area contributed by atoms with Gasteiger partial charge in [-0.05, 0) is 26.5 Å². The Hall–Kier alpha value is -1.06. The normalized spacial score (nSPS) is 12.4. The van der Waals surface area contributed by atoms with E-state index < -0.39 is 0 Å². The SMILES string of the molecule is CCNCCNC(C)c1ccccc1OCC. The van der Waals surface area contributed by atoms with Crippen LogP contribution in [0, 0.1) is 0 Å². The molecule has 1 rings (SSSR count). The molecule has 0 saturated carbocycles. The number of rotatable bonds is 8. The summed E-state index contributed by atoms with van der Waals surface area (Å²) in [6.45, 7) is 10.00. The monoisotopic (exact) mass is 236 g/mol. The zero-order valence-corrected chi connectivity index (χ0v) is 11.1. The molecule has 0 aliphatic rings. The third-order valence-electron chi connectivity index (χ3n) is 2.69. The van der Waals surface area contributed by atoms with Crippen molar-refractivity contribution in [3.05, 3.63) is 29.8 Å². The van der Waals surface area contributed by atoms with Crippen molar-refractivity contribution < 1.29 is 4.74 Å². The van der Waals surface area contributed by atoms with Crippen LogP contribution in [-0.2, 0) is 0 Å². The first-order chi connectivity index (χ1) is 8.29. The zero-order chi connectivity index (χ0) is 12.5. The summed E-state index contributed by atoms with van der Waals surface area (Å²) in [6, 6.07) is 8.54. The van der Waals surface area contributed by atoms with Crippen LogP contribution in [0.3, 0.4) is 0 Å². The maximum atomic E-state index is 5.63. The molecule has 1 aromatic rings. The molecule has 1 atom stereocenters. The molecule has 1 unspecified atom stereocenters. The van der Waals surface area contributed by atoms with Crippen LogP contribution in [-0.4, -0.2) is 26.2 Å². The van der Waals surface area contributed by atoms with E-state index in [1.165, 1.54) is 5.56 Å². The fourth-order valence-electron chi connectivity index (χ4n) is 1.79. The summed E-state index contributed by atoms with van der Waals surface area (Å²) < 4.78 is 5.63. The topological polar surface area (TPSA) is 33.3 Å². The van der Waals surface area contributed by atoms with E-state index in [4.69, 9.17) is 4.74 Å². The van der Waals surface area contributed by atoms with Gasteiger partial charge in [0.2, 0.25) is 0 Å². The summed E-state index contributed by atoms with van der Waals surface area (Å²) in [4.78, 5) is 0. The standard InChI is InChI=1S/C14H24N2O/c1-4-15-10-11-16-12(3)13-8-6-7-9-14(13)17-5-2/h6-9,12,15-16H,4-5,10-11H2,1-3H3. The van der Waals surface area contributed by atoms with Gasteiger partial charge in [-0.3, -0.25) is 0 Å². The molecule has 2 N–H and O–H groups in total. The Bertz CT molecular complexity index is 315. The lowest BCUT2D eigenvalue weighted by Crippen LogP contribution is -2.29. The number of ether oxygens (including phenoxy) is 1. The minimum Gasteiger partial charge on any atom is -0.494 e. The van der Waals surface area contributed by atoms with Gasteiger partial charge in [-0.25, -0.2) is 0 Å². The van der Waals surface area contributed by atoms with Crippen LogP contribution in [0.15, 0.2) is 24.3 Å².